The van der Waals surface area contributed by atoms with Gasteiger partial charge in [-0.15, -0.1) is 11.8 Å². The normalized spacial score (nSPS) is 13.4. The molecule has 0 aliphatic carbocycles. The minimum atomic E-state index is -0.175. The molecule has 1 N–H and O–H groups in total. The van der Waals surface area contributed by atoms with Crippen LogP contribution in [-0.4, -0.2) is 55.0 Å². The van der Waals surface area contributed by atoms with Gasteiger partial charge in [-0.2, -0.15) is 0 Å². The lowest BCUT2D eigenvalue weighted by Gasteiger charge is -2.24. The number of aromatic nitrogens is 1. The predicted octanol–water partition coefficient (Wildman–Crippen LogP) is 4.23. The predicted molar refractivity (Wildman–Crippen MR) is 106 cm³/mol. The van der Waals surface area contributed by atoms with Gasteiger partial charge in [0.05, 0.1) is 21.1 Å². The van der Waals surface area contributed by atoms with E-state index in [4.69, 9.17) is 4.74 Å². The topological polar surface area (TPSA) is 42.1 Å². The summed E-state index contributed by atoms with van der Waals surface area (Å²) >= 11 is 1.62. The smallest absolute Gasteiger partial charge is 0.319 e. The van der Waals surface area contributed by atoms with Crippen LogP contribution in [0.4, 0.5) is 0 Å². The molecule has 0 bridgehead atoms. The van der Waals surface area contributed by atoms with Gasteiger partial charge in [0.1, 0.15) is 18.4 Å². The molecule has 0 saturated carbocycles. The number of nitrogens with one attached hydrogen (secondary N) is 1. The van der Waals surface area contributed by atoms with E-state index in [1.807, 2.05) is 12.3 Å². The lowest BCUT2D eigenvalue weighted by Crippen LogP contribution is -2.38. The van der Waals surface area contributed by atoms with Crippen LogP contribution in [0.3, 0.4) is 0 Å². The Hall–Kier alpha value is -1.46. The maximum absolute atomic E-state index is 12.7. The van der Waals surface area contributed by atoms with Crippen molar-refractivity contribution in [1.29, 1.82) is 0 Å². The molecule has 0 aliphatic heterocycles. The second-order valence-electron chi connectivity index (χ2n) is 8.07. The summed E-state index contributed by atoms with van der Waals surface area (Å²) < 4.78 is 6.38. The SMILES string of the molecule is Cc1cccc2[nH]cc(SC(CC(C)C)C(=O)OCC[N+](C)(C)C)c12. The molecule has 1 aromatic heterocycles. The summed E-state index contributed by atoms with van der Waals surface area (Å²) in [6, 6.07) is 6.23. The summed E-state index contributed by atoms with van der Waals surface area (Å²) in [7, 11) is 6.30. The zero-order chi connectivity index (χ0) is 18.6. The van der Waals surface area contributed by atoms with Crippen molar-refractivity contribution in [3.8, 4) is 0 Å². The molecule has 25 heavy (non-hydrogen) atoms. The number of thioether (sulfide) groups is 1. The first-order valence-corrected chi connectivity index (χ1v) is 9.76. The van der Waals surface area contributed by atoms with Gasteiger partial charge in [-0.05, 0) is 30.9 Å². The summed E-state index contributed by atoms with van der Waals surface area (Å²) in [5.41, 5.74) is 2.34. The third-order valence-electron chi connectivity index (χ3n) is 4.10. The number of carbonyl (C=O) groups excluding carboxylic acids is 1. The molecule has 4 nitrogen and oxygen atoms in total. The molecule has 0 saturated heterocycles. The van der Waals surface area contributed by atoms with Gasteiger partial charge in [0.25, 0.3) is 0 Å². The Labute approximate surface area is 155 Å². The number of quaternary nitrogens is 1. The Morgan fingerprint density at radius 3 is 2.64 bits per heavy atom. The van der Waals surface area contributed by atoms with Crippen molar-refractivity contribution in [2.75, 3.05) is 34.3 Å². The first-order chi connectivity index (χ1) is 11.7. The lowest BCUT2D eigenvalue weighted by atomic mass is 10.1. The maximum atomic E-state index is 12.7. The molecule has 1 atom stereocenters. The number of benzene rings is 1. The summed E-state index contributed by atoms with van der Waals surface area (Å²) in [5.74, 6) is 0.338. The third-order valence-corrected chi connectivity index (χ3v) is 5.35. The second-order valence-corrected chi connectivity index (χ2v) is 9.31. The van der Waals surface area contributed by atoms with Crippen molar-refractivity contribution in [3.63, 3.8) is 0 Å². The largest absolute Gasteiger partial charge is 0.459 e. The van der Waals surface area contributed by atoms with Crippen LogP contribution < -0.4 is 0 Å². The van der Waals surface area contributed by atoms with Gasteiger partial charge in [-0.25, -0.2) is 0 Å². The van der Waals surface area contributed by atoms with E-state index in [1.165, 1.54) is 10.9 Å². The number of aromatic amines is 1. The van der Waals surface area contributed by atoms with Crippen LogP contribution in [0.5, 0.6) is 0 Å². The summed E-state index contributed by atoms with van der Waals surface area (Å²) in [6.07, 6.45) is 2.82. The Morgan fingerprint density at radius 1 is 1.28 bits per heavy atom. The summed E-state index contributed by atoms with van der Waals surface area (Å²) in [4.78, 5) is 17.1. The van der Waals surface area contributed by atoms with Crippen LogP contribution in [0.25, 0.3) is 10.9 Å². The number of hydrogen-bond acceptors (Lipinski definition) is 3. The Bertz CT molecular complexity index is 716. The standard InChI is InChI=1S/C20H31N2O2S/c1-14(2)12-17(20(23)24-11-10-22(4,5)6)25-18-13-21-16-9-7-8-15(3)19(16)18/h7-9,13-14,17,21H,10-12H2,1-6H3/q+1. The molecule has 5 heteroatoms. The van der Waals surface area contributed by atoms with Gasteiger partial charge < -0.3 is 14.2 Å². The molecule has 0 radical (unpaired) electrons. The third kappa shape index (κ3) is 5.79. The van der Waals surface area contributed by atoms with Crippen LogP contribution in [-0.2, 0) is 9.53 Å². The number of rotatable bonds is 8. The van der Waals surface area contributed by atoms with Crippen LogP contribution >= 0.6 is 11.8 Å². The second kappa shape index (κ2) is 8.28. The molecular weight excluding hydrogens is 332 g/mol. The minimum Gasteiger partial charge on any atom is -0.459 e. The van der Waals surface area contributed by atoms with Gasteiger partial charge in [-0.3, -0.25) is 4.79 Å². The van der Waals surface area contributed by atoms with Crippen molar-refractivity contribution in [3.05, 3.63) is 30.0 Å². The van der Waals surface area contributed by atoms with E-state index in [9.17, 15) is 4.79 Å². The van der Waals surface area contributed by atoms with E-state index < -0.39 is 0 Å². The van der Waals surface area contributed by atoms with Gasteiger partial charge in [-0.1, -0.05) is 26.0 Å². The number of H-pyrrole nitrogens is 1. The highest BCUT2D eigenvalue weighted by Gasteiger charge is 2.25. The van der Waals surface area contributed by atoms with Crippen LogP contribution in [0.15, 0.2) is 29.3 Å². The highest BCUT2D eigenvalue weighted by Crippen LogP contribution is 2.35. The minimum absolute atomic E-state index is 0.102. The molecular formula is C20H31N2O2S+. The molecule has 0 spiro atoms. The maximum Gasteiger partial charge on any atom is 0.319 e. The molecule has 2 aromatic rings. The number of esters is 1. The fraction of sp³-hybridized carbons (Fsp3) is 0.550. The van der Waals surface area contributed by atoms with Gasteiger partial charge in [0.2, 0.25) is 0 Å². The fourth-order valence-electron chi connectivity index (χ4n) is 2.71. The molecule has 0 aliphatic rings. The van der Waals surface area contributed by atoms with E-state index >= 15 is 0 Å². The first kappa shape index (κ1) is 19.9. The van der Waals surface area contributed by atoms with Crippen molar-refractivity contribution in [2.45, 2.75) is 37.3 Å². The average Bonchev–Trinajstić information content (AvgIpc) is 2.89. The number of aryl methyl sites for hydroxylation is 1. The number of ether oxygens (including phenoxy) is 1. The molecule has 138 valence electrons. The van der Waals surface area contributed by atoms with Crippen LogP contribution in [0.2, 0.25) is 0 Å². The van der Waals surface area contributed by atoms with E-state index in [0.29, 0.717) is 12.5 Å². The first-order valence-electron chi connectivity index (χ1n) is 8.88. The summed E-state index contributed by atoms with van der Waals surface area (Å²) in [5, 5.41) is 1.03. The van der Waals surface area contributed by atoms with E-state index in [-0.39, 0.29) is 11.2 Å². The van der Waals surface area contributed by atoms with E-state index in [0.717, 1.165) is 27.9 Å². The van der Waals surface area contributed by atoms with E-state index in [1.54, 1.807) is 11.8 Å². The molecule has 1 unspecified atom stereocenters. The highest BCUT2D eigenvalue weighted by molar-refractivity contribution is 8.00. The Morgan fingerprint density at radius 2 is 2.00 bits per heavy atom. The molecule has 2 rings (SSSR count). The Balaban J connectivity index is 2.12. The number of likely N-dealkylation sites (N-methyl/N-ethyl adjacent to an activating group) is 1. The van der Waals surface area contributed by atoms with E-state index in [2.05, 4.69) is 59.0 Å². The van der Waals surface area contributed by atoms with Gasteiger partial charge >= 0.3 is 5.97 Å². The van der Waals surface area contributed by atoms with Crippen molar-refractivity contribution in [2.24, 2.45) is 5.92 Å². The molecule has 0 fully saturated rings. The summed E-state index contributed by atoms with van der Waals surface area (Å²) in [6.45, 7) is 7.68. The average molecular weight is 364 g/mol. The lowest BCUT2D eigenvalue weighted by molar-refractivity contribution is -0.870. The number of carbonyl (C=O) groups is 1. The zero-order valence-electron chi connectivity index (χ0n) is 16.3. The monoisotopic (exact) mass is 363 g/mol. The number of hydrogen-bond donors (Lipinski definition) is 1. The Kier molecular flexibility index (Phi) is 6.58. The van der Waals surface area contributed by atoms with Gasteiger partial charge in [0.15, 0.2) is 0 Å². The number of nitrogens with zero attached hydrogens (tertiary/aromatic N) is 1. The number of fused-ring (bicyclic) bond motifs is 1. The van der Waals surface area contributed by atoms with Crippen molar-refractivity contribution >= 4 is 28.6 Å². The van der Waals surface area contributed by atoms with Crippen molar-refractivity contribution < 1.29 is 14.0 Å². The molecule has 1 aromatic carbocycles. The molecule has 0 amide bonds. The highest BCUT2D eigenvalue weighted by atomic mass is 32.2. The molecule has 1 heterocycles. The zero-order valence-corrected chi connectivity index (χ0v) is 17.1. The van der Waals surface area contributed by atoms with Crippen LogP contribution in [0, 0.1) is 12.8 Å². The van der Waals surface area contributed by atoms with Gasteiger partial charge in [0, 0.05) is 22.0 Å². The fourth-order valence-corrected chi connectivity index (χ4v) is 4.18. The van der Waals surface area contributed by atoms with Crippen LogP contribution in [0.1, 0.15) is 25.8 Å². The quantitative estimate of drug-likeness (QED) is 0.433. The van der Waals surface area contributed by atoms with Crippen molar-refractivity contribution in [1.82, 2.24) is 4.98 Å².